The average Bonchev–Trinajstić information content (AvgIpc) is 3.63. The van der Waals surface area contributed by atoms with E-state index in [-0.39, 0.29) is 30.0 Å². The van der Waals surface area contributed by atoms with Gasteiger partial charge in [0.15, 0.2) is 11.6 Å². The van der Waals surface area contributed by atoms with Crippen molar-refractivity contribution in [1.82, 2.24) is 14.1 Å². The Hall–Kier alpha value is -3.93. The van der Waals surface area contributed by atoms with E-state index < -0.39 is 23.2 Å². The SMILES string of the molecule is Cc1cc(Oc2c(F)ccc(NSN3CCC(F)C3)c2C#N)ccc1N=CN(C=O)C1COC2(CCN(C(=O)OC(C)(C)C)CC2)C1. The summed E-state index contributed by atoms with van der Waals surface area (Å²) in [6, 6.07) is 9.43. The first-order valence-electron chi connectivity index (χ1n) is 15.6. The van der Waals surface area contributed by atoms with Crippen molar-refractivity contribution in [2.75, 3.05) is 37.5 Å². The summed E-state index contributed by atoms with van der Waals surface area (Å²) in [5.41, 5.74) is 0.651. The van der Waals surface area contributed by atoms with Crippen LogP contribution in [0.15, 0.2) is 35.3 Å². The van der Waals surface area contributed by atoms with Gasteiger partial charge in [-0.2, -0.15) is 5.26 Å². The number of nitrogens with one attached hydrogen (secondary N) is 1. The van der Waals surface area contributed by atoms with Gasteiger partial charge in [-0.25, -0.2) is 22.9 Å². The Morgan fingerprint density at radius 1 is 1.26 bits per heavy atom. The average molecular weight is 671 g/mol. The molecule has 1 spiro atoms. The topological polar surface area (TPSA) is 120 Å². The van der Waals surface area contributed by atoms with Crippen LogP contribution in [0.4, 0.5) is 25.0 Å². The molecular weight excluding hydrogens is 630 g/mol. The van der Waals surface area contributed by atoms with Crippen molar-refractivity contribution in [2.45, 2.75) is 76.8 Å². The molecule has 1 N–H and O–H groups in total. The van der Waals surface area contributed by atoms with Gasteiger partial charge in [0.2, 0.25) is 6.41 Å². The summed E-state index contributed by atoms with van der Waals surface area (Å²) in [7, 11) is 0. The van der Waals surface area contributed by atoms with Gasteiger partial charge in [-0.05, 0) is 89.3 Å². The summed E-state index contributed by atoms with van der Waals surface area (Å²) in [4.78, 5) is 32.2. The molecule has 3 aliphatic rings. The number of benzene rings is 2. The van der Waals surface area contributed by atoms with E-state index in [2.05, 4.69) is 9.71 Å². The van der Waals surface area contributed by atoms with Crippen LogP contribution in [0.3, 0.4) is 0 Å². The minimum Gasteiger partial charge on any atom is -0.453 e. The first-order chi connectivity index (χ1) is 22.4. The van der Waals surface area contributed by atoms with Crippen LogP contribution in [0.5, 0.6) is 11.5 Å². The van der Waals surface area contributed by atoms with Gasteiger partial charge in [0.05, 0.1) is 36.0 Å². The zero-order valence-electron chi connectivity index (χ0n) is 27.0. The minimum absolute atomic E-state index is 0.0121. The number of ether oxygens (including phenoxy) is 3. The van der Waals surface area contributed by atoms with E-state index in [4.69, 9.17) is 14.2 Å². The van der Waals surface area contributed by atoms with Crippen LogP contribution in [0.2, 0.25) is 0 Å². The van der Waals surface area contributed by atoms with E-state index >= 15 is 0 Å². The van der Waals surface area contributed by atoms with E-state index in [0.717, 1.165) is 6.41 Å². The number of hydrogen-bond acceptors (Lipinski definition) is 10. The molecule has 2 aromatic rings. The molecule has 3 fully saturated rings. The molecule has 47 heavy (non-hydrogen) atoms. The smallest absolute Gasteiger partial charge is 0.410 e. The number of piperidine rings is 1. The second kappa shape index (κ2) is 14.5. The molecule has 2 aromatic carbocycles. The zero-order valence-corrected chi connectivity index (χ0v) is 27.8. The Morgan fingerprint density at radius 2 is 2.02 bits per heavy atom. The lowest BCUT2D eigenvalue weighted by atomic mass is 9.87. The molecule has 3 aliphatic heterocycles. The fourth-order valence-electron chi connectivity index (χ4n) is 5.81. The maximum absolute atomic E-state index is 14.9. The molecule has 0 bridgehead atoms. The molecule has 14 heteroatoms. The first-order valence-corrected chi connectivity index (χ1v) is 16.4. The Morgan fingerprint density at radius 3 is 2.66 bits per heavy atom. The highest BCUT2D eigenvalue weighted by Crippen LogP contribution is 2.39. The lowest BCUT2D eigenvalue weighted by Crippen LogP contribution is -2.48. The third kappa shape index (κ3) is 8.51. The summed E-state index contributed by atoms with van der Waals surface area (Å²) in [6.45, 7) is 9.56. The molecule has 2 amide bonds. The number of rotatable bonds is 9. The molecule has 3 saturated heterocycles. The molecule has 3 heterocycles. The van der Waals surface area contributed by atoms with Crippen LogP contribution >= 0.6 is 12.1 Å². The van der Waals surface area contributed by atoms with E-state index in [1.54, 1.807) is 34.3 Å². The van der Waals surface area contributed by atoms with Crippen molar-refractivity contribution in [1.29, 1.82) is 5.26 Å². The van der Waals surface area contributed by atoms with Crippen molar-refractivity contribution in [3.63, 3.8) is 0 Å². The number of aryl methyl sites for hydroxylation is 1. The number of carbonyl (C=O) groups is 2. The summed E-state index contributed by atoms with van der Waals surface area (Å²) >= 11 is 1.17. The van der Waals surface area contributed by atoms with E-state index in [9.17, 15) is 23.6 Å². The highest BCUT2D eigenvalue weighted by molar-refractivity contribution is 7.98. The fourth-order valence-corrected chi connectivity index (χ4v) is 6.64. The van der Waals surface area contributed by atoms with Crippen LogP contribution in [-0.4, -0.2) is 89.1 Å². The quantitative estimate of drug-likeness (QED) is 0.138. The first kappa shape index (κ1) is 34.4. The highest BCUT2D eigenvalue weighted by Gasteiger charge is 2.45. The Balaban J connectivity index is 1.20. The molecule has 0 aliphatic carbocycles. The summed E-state index contributed by atoms with van der Waals surface area (Å²) in [5.74, 6) is -0.620. The van der Waals surface area contributed by atoms with Crippen LogP contribution in [0, 0.1) is 24.1 Å². The van der Waals surface area contributed by atoms with Crippen molar-refractivity contribution in [3.8, 4) is 17.6 Å². The zero-order chi connectivity index (χ0) is 33.8. The number of anilines is 1. The predicted molar refractivity (Wildman–Crippen MR) is 175 cm³/mol. The second-order valence-electron chi connectivity index (χ2n) is 13.0. The van der Waals surface area contributed by atoms with Gasteiger partial charge in [0, 0.05) is 38.3 Å². The standard InChI is InChI=1S/C33H40F2N6O5S/c1-22-15-25(45-30-26(17-36)29(8-6-27(30)35)38-47-41-12-9-23(34)18-41)5-7-28(22)37-20-40(21-42)24-16-33(44-19-24)10-13-39(14-11-33)31(43)46-32(2,3)4/h5-8,15,20-21,23-24,38H,9-14,16,18-19H2,1-4H3. The van der Waals surface area contributed by atoms with Gasteiger partial charge in [0.1, 0.15) is 29.2 Å². The maximum Gasteiger partial charge on any atom is 0.410 e. The summed E-state index contributed by atoms with van der Waals surface area (Å²) in [5, 5.41) is 9.82. The van der Waals surface area contributed by atoms with Crippen molar-refractivity contribution < 1.29 is 32.6 Å². The summed E-state index contributed by atoms with van der Waals surface area (Å²) in [6.07, 6.45) is 3.34. The number of likely N-dealkylation sites (tertiary alicyclic amines) is 1. The lowest BCUT2D eigenvalue weighted by molar-refractivity contribution is -0.116. The predicted octanol–water partition coefficient (Wildman–Crippen LogP) is 6.49. The number of halogens is 2. The normalized spacial score (nSPS) is 21.2. The van der Waals surface area contributed by atoms with Gasteiger partial charge >= 0.3 is 6.09 Å². The lowest BCUT2D eigenvalue weighted by Gasteiger charge is -2.39. The van der Waals surface area contributed by atoms with Crippen LogP contribution in [0.1, 0.15) is 57.6 Å². The summed E-state index contributed by atoms with van der Waals surface area (Å²) < 4.78 is 50.7. The van der Waals surface area contributed by atoms with Gasteiger partial charge in [-0.15, -0.1) is 0 Å². The molecule has 5 rings (SSSR count). The Labute approximate surface area is 278 Å². The van der Waals surface area contributed by atoms with Crippen molar-refractivity contribution in [3.05, 3.63) is 47.3 Å². The monoisotopic (exact) mass is 670 g/mol. The largest absolute Gasteiger partial charge is 0.453 e. The van der Waals surface area contributed by atoms with Gasteiger partial charge in [-0.3, -0.25) is 9.69 Å². The molecule has 11 nitrogen and oxygen atoms in total. The number of carbonyl (C=O) groups excluding carboxylic acids is 2. The highest BCUT2D eigenvalue weighted by atomic mass is 32.2. The van der Waals surface area contributed by atoms with Gasteiger partial charge in [-0.1, -0.05) is 0 Å². The van der Waals surface area contributed by atoms with E-state index in [1.165, 1.54) is 35.5 Å². The maximum atomic E-state index is 14.9. The number of amides is 2. The molecular formula is C33H40F2N6O5S. The minimum atomic E-state index is -0.894. The molecule has 0 saturated carbocycles. The Kier molecular flexibility index (Phi) is 10.6. The molecule has 0 aromatic heterocycles. The van der Waals surface area contributed by atoms with Crippen molar-refractivity contribution >= 4 is 42.4 Å². The van der Waals surface area contributed by atoms with E-state index in [1.807, 2.05) is 26.8 Å². The van der Waals surface area contributed by atoms with Crippen LogP contribution in [0.25, 0.3) is 0 Å². The molecule has 252 valence electrons. The molecule has 2 unspecified atom stereocenters. The number of hydrogen-bond donors (Lipinski definition) is 1. The van der Waals surface area contributed by atoms with E-state index in [0.29, 0.717) is 74.6 Å². The fraction of sp³-hybridized carbons (Fsp3) is 0.515. The Bertz CT molecular complexity index is 1540. The van der Waals surface area contributed by atoms with Crippen LogP contribution in [-0.2, 0) is 14.3 Å². The van der Waals surface area contributed by atoms with Gasteiger partial charge in [0.25, 0.3) is 0 Å². The van der Waals surface area contributed by atoms with Crippen LogP contribution < -0.4 is 9.46 Å². The number of nitrogens with zero attached hydrogens (tertiary/aromatic N) is 5. The third-order valence-corrected chi connectivity index (χ3v) is 9.28. The third-order valence-electron chi connectivity index (χ3n) is 8.38. The number of aliphatic imine (C=N–C) groups is 1. The van der Waals surface area contributed by atoms with Crippen molar-refractivity contribution in [2.24, 2.45) is 4.99 Å². The second-order valence-corrected chi connectivity index (χ2v) is 13.9. The molecule has 2 atom stereocenters. The van der Waals surface area contributed by atoms with Gasteiger partial charge < -0.3 is 23.8 Å². The molecule has 0 radical (unpaired) electrons. The number of alkyl halides is 1. The number of nitriles is 1.